The second-order valence-corrected chi connectivity index (χ2v) is 6.10. The minimum absolute atomic E-state index is 0.216. The van der Waals surface area contributed by atoms with Crippen LogP contribution in [0.4, 0.5) is 18.9 Å². The van der Waals surface area contributed by atoms with E-state index in [4.69, 9.17) is 4.74 Å². The van der Waals surface area contributed by atoms with E-state index in [1.54, 1.807) is 7.11 Å². The van der Waals surface area contributed by atoms with Crippen LogP contribution in [0, 0.1) is 0 Å². The number of nitrogens with one attached hydrogen (secondary N) is 2. The van der Waals surface area contributed by atoms with Gasteiger partial charge in [0, 0.05) is 12.1 Å². The summed E-state index contributed by atoms with van der Waals surface area (Å²) in [4.78, 5) is 13.1. The Morgan fingerprint density at radius 1 is 1.04 bits per heavy atom. The van der Waals surface area contributed by atoms with Crippen molar-refractivity contribution in [1.82, 2.24) is 0 Å². The van der Waals surface area contributed by atoms with Crippen molar-refractivity contribution in [1.29, 1.82) is 0 Å². The van der Waals surface area contributed by atoms with E-state index in [2.05, 4.69) is 10.1 Å². The number of benzene rings is 2. The zero-order chi connectivity index (χ0) is 19.9. The van der Waals surface area contributed by atoms with Crippen LogP contribution in [0.2, 0.25) is 0 Å². The summed E-state index contributed by atoms with van der Waals surface area (Å²) in [5.41, 5.74) is 1.56. The highest BCUT2D eigenvalue weighted by Gasteiger charge is 2.30. The molecule has 2 N–H and O–H groups in total. The van der Waals surface area contributed by atoms with Crippen LogP contribution in [0.5, 0.6) is 11.5 Å². The summed E-state index contributed by atoms with van der Waals surface area (Å²) >= 11 is 0. The normalized spacial score (nSPS) is 12.3. The Balaban J connectivity index is 1.77. The maximum Gasteiger partial charge on any atom is 0.573 e. The summed E-state index contributed by atoms with van der Waals surface area (Å²) in [7, 11) is 3.52. The molecule has 1 unspecified atom stereocenters. The average molecular weight is 383 g/mol. The molecule has 0 fully saturated rings. The molecule has 0 spiro atoms. The number of carbonyl (C=O) groups is 1. The number of ether oxygens (including phenoxy) is 2. The van der Waals surface area contributed by atoms with Gasteiger partial charge in [-0.3, -0.25) is 4.79 Å². The van der Waals surface area contributed by atoms with Gasteiger partial charge in [-0.25, -0.2) is 0 Å². The van der Waals surface area contributed by atoms with Crippen LogP contribution in [-0.2, 0) is 11.2 Å². The van der Waals surface area contributed by atoms with Gasteiger partial charge in [-0.05, 0) is 42.0 Å². The third-order valence-corrected chi connectivity index (χ3v) is 3.83. The van der Waals surface area contributed by atoms with E-state index in [0.717, 1.165) is 41.3 Å². The second-order valence-electron chi connectivity index (χ2n) is 6.10. The zero-order valence-electron chi connectivity index (χ0n) is 15.1. The Morgan fingerprint density at radius 3 is 2.19 bits per heavy atom. The molecule has 0 aliphatic rings. The number of alkyl halides is 3. The van der Waals surface area contributed by atoms with E-state index >= 15 is 0 Å². The van der Waals surface area contributed by atoms with Crippen LogP contribution < -0.4 is 19.7 Å². The lowest BCUT2D eigenvalue weighted by molar-refractivity contribution is -0.870. The smallest absolute Gasteiger partial charge is 0.497 e. The number of rotatable bonds is 8. The molecule has 27 heavy (non-hydrogen) atoms. The predicted molar refractivity (Wildman–Crippen MR) is 95.1 cm³/mol. The standard InChI is InChI=1S/C19H21F3N2O3/c1-24(12-11-14-3-7-16(26-2)8-4-14)13-18(25)23-15-5-9-17(10-6-15)27-19(20,21)22/h3-10H,11-13H2,1-2H3,(H,23,25)/p+1. The van der Waals surface area contributed by atoms with E-state index in [0.29, 0.717) is 5.69 Å². The fourth-order valence-electron chi connectivity index (χ4n) is 2.46. The largest absolute Gasteiger partial charge is 0.573 e. The van der Waals surface area contributed by atoms with Crippen molar-refractivity contribution in [3.8, 4) is 11.5 Å². The van der Waals surface area contributed by atoms with Crippen LogP contribution in [-0.4, -0.2) is 39.5 Å². The van der Waals surface area contributed by atoms with Gasteiger partial charge in [0.05, 0.1) is 20.7 Å². The third-order valence-electron chi connectivity index (χ3n) is 3.83. The first-order valence-corrected chi connectivity index (χ1v) is 8.35. The fourth-order valence-corrected chi connectivity index (χ4v) is 2.46. The SMILES string of the molecule is COc1ccc(CC[NH+](C)CC(=O)Nc2ccc(OC(F)(F)F)cc2)cc1. The Hall–Kier alpha value is -2.74. The molecule has 2 aromatic rings. The molecule has 0 heterocycles. The highest BCUT2D eigenvalue weighted by Crippen LogP contribution is 2.23. The number of methoxy groups -OCH3 is 1. The molecule has 0 bridgehead atoms. The monoisotopic (exact) mass is 383 g/mol. The highest BCUT2D eigenvalue weighted by molar-refractivity contribution is 5.91. The van der Waals surface area contributed by atoms with Crippen LogP contribution in [0.25, 0.3) is 0 Å². The Labute approximate surface area is 155 Å². The van der Waals surface area contributed by atoms with Crippen molar-refractivity contribution in [2.75, 3.05) is 32.6 Å². The summed E-state index contributed by atoms with van der Waals surface area (Å²) in [5.74, 6) is 0.250. The van der Waals surface area contributed by atoms with Gasteiger partial charge in [-0.1, -0.05) is 12.1 Å². The quantitative estimate of drug-likeness (QED) is 0.736. The van der Waals surface area contributed by atoms with Crippen LogP contribution in [0.15, 0.2) is 48.5 Å². The summed E-state index contributed by atoms with van der Waals surface area (Å²) in [6.07, 6.45) is -3.92. The first kappa shape index (κ1) is 20.6. The molecule has 0 saturated heterocycles. The zero-order valence-corrected chi connectivity index (χ0v) is 15.1. The van der Waals surface area contributed by atoms with Crippen LogP contribution >= 0.6 is 0 Å². The van der Waals surface area contributed by atoms with Crippen LogP contribution in [0.1, 0.15) is 5.56 Å². The molecule has 0 aromatic heterocycles. The van der Waals surface area contributed by atoms with Crippen molar-refractivity contribution < 1.29 is 32.3 Å². The molecule has 2 rings (SSSR count). The highest BCUT2D eigenvalue weighted by atomic mass is 19.4. The summed E-state index contributed by atoms with van der Waals surface area (Å²) in [5, 5.41) is 2.66. The van der Waals surface area contributed by atoms with Crippen molar-refractivity contribution in [3.63, 3.8) is 0 Å². The van der Waals surface area contributed by atoms with E-state index in [-0.39, 0.29) is 18.2 Å². The van der Waals surface area contributed by atoms with Gasteiger partial charge in [0.2, 0.25) is 0 Å². The lowest BCUT2D eigenvalue weighted by atomic mass is 10.1. The number of halogens is 3. The van der Waals surface area contributed by atoms with Gasteiger partial charge < -0.3 is 19.7 Å². The van der Waals surface area contributed by atoms with E-state index < -0.39 is 6.36 Å². The van der Waals surface area contributed by atoms with Crippen molar-refractivity contribution >= 4 is 11.6 Å². The number of amides is 1. The molecule has 1 atom stereocenters. The van der Waals surface area contributed by atoms with Gasteiger partial charge >= 0.3 is 6.36 Å². The molecule has 146 valence electrons. The van der Waals surface area contributed by atoms with Gasteiger partial charge in [0.1, 0.15) is 11.5 Å². The fraction of sp³-hybridized carbons (Fsp3) is 0.316. The summed E-state index contributed by atoms with van der Waals surface area (Å²) in [6.45, 7) is 1.01. The molecule has 1 amide bonds. The maximum atomic E-state index is 12.1. The van der Waals surface area contributed by atoms with Crippen molar-refractivity contribution in [2.24, 2.45) is 0 Å². The van der Waals surface area contributed by atoms with Gasteiger partial charge in [-0.15, -0.1) is 13.2 Å². The molecule has 0 saturated carbocycles. The van der Waals surface area contributed by atoms with E-state index in [1.165, 1.54) is 12.1 Å². The number of hydrogen-bond acceptors (Lipinski definition) is 3. The third kappa shape index (κ3) is 7.57. The summed E-state index contributed by atoms with van der Waals surface area (Å²) < 4.78 is 45.3. The molecule has 5 nitrogen and oxygen atoms in total. The molecule has 0 aliphatic heterocycles. The Morgan fingerprint density at radius 2 is 1.63 bits per heavy atom. The molecule has 0 radical (unpaired) electrons. The van der Waals surface area contributed by atoms with Gasteiger partial charge in [0.25, 0.3) is 5.91 Å². The number of likely N-dealkylation sites (N-methyl/N-ethyl adjacent to an activating group) is 1. The topological polar surface area (TPSA) is 52.0 Å². The lowest BCUT2D eigenvalue weighted by Gasteiger charge is -2.14. The minimum atomic E-state index is -4.74. The minimum Gasteiger partial charge on any atom is -0.497 e. The Kier molecular flexibility index (Phi) is 7.06. The number of quaternary nitrogens is 1. The Bertz CT molecular complexity index is 731. The second kappa shape index (κ2) is 9.27. The number of anilines is 1. The molecule has 2 aromatic carbocycles. The van der Waals surface area contributed by atoms with E-state index in [1.807, 2.05) is 31.3 Å². The van der Waals surface area contributed by atoms with Crippen molar-refractivity contribution in [3.05, 3.63) is 54.1 Å². The molecule has 0 aliphatic carbocycles. The van der Waals surface area contributed by atoms with Crippen LogP contribution in [0.3, 0.4) is 0 Å². The van der Waals surface area contributed by atoms with Gasteiger partial charge in [-0.2, -0.15) is 0 Å². The molecular weight excluding hydrogens is 361 g/mol. The number of hydrogen-bond donors (Lipinski definition) is 2. The van der Waals surface area contributed by atoms with E-state index in [9.17, 15) is 18.0 Å². The lowest BCUT2D eigenvalue weighted by Crippen LogP contribution is -3.10. The van der Waals surface area contributed by atoms with Crippen molar-refractivity contribution in [2.45, 2.75) is 12.8 Å². The molecule has 8 heteroatoms. The maximum absolute atomic E-state index is 12.1. The van der Waals surface area contributed by atoms with Gasteiger partial charge in [0.15, 0.2) is 6.54 Å². The average Bonchev–Trinajstić information content (AvgIpc) is 2.61. The summed E-state index contributed by atoms with van der Waals surface area (Å²) in [6, 6.07) is 12.8. The first-order chi connectivity index (χ1) is 12.7. The molecular formula is C19H22F3N2O3+. The number of carbonyl (C=O) groups excluding carboxylic acids is 1. The first-order valence-electron chi connectivity index (χ1n) is 8.35. The predicted octanol–water partition coefficient (Wildman–Crippen LogP) is 2.29.